The van der Waals surface area contributed by atoms with E-state index in [1.54, 1.807) is 19.2 Å². The van der Waals surface area contributed by atoms with Gasteiger partial charge in [-0.1, -0.05) is 19.3 Å². The van der Waals surface area contributed by atoms with Crippen LogP contribution in [-0.4, -0.2) is 54.5 Å². The molecule has 0 bridgehead atoms. The quantitative estimate of drug-likeness (QED) is 0.785. The fraction of sp³-hybridized carbons (Fsp3) is 0.632. The van der Waals surface area contributed by atoms with Crippen molar-refractivity contribution >= 4 is 17.7 Å². The molecule has 2 aliphatic rings. The summed E-state index contributed by atoms with van der Waals surface area (Å²) in [4.78, 5) is 32.9. The molecule has 0 aromatic carbocycles. The average molecular weight is 345 g/mol. The Morgan fingerprint density at radius 2 is 1.84 bits per heavy atom. The molecule has 0 N–H and O–H groups in total. The first-order valence-corrected chi connectivity index (χ1v) is 9.36. The highest BCUT2D eigenvalue weighted by Crippen LogP contribution is 2.26. The summed E-state index contributed by atoms with van der Waals surface area (Å²) in [6.07, 6.45) is 7.31. The normalized spacial score (nSPS) is 18.9. The molecule has 2 fully saturated rings. The van der Waals surface area contributed by atoms with Crippen molar-refractivity contribution < 1.29 is 14.3 Å². The number of esters is 1. The van der Waals surface area contributed by atoms with E-state index in [4.69, 9.17) is 4.74 Å². The van der Waals surface area contributed by atoms with Crippen molar-refractivity contribution in [2.24, 2.45) is 5.92 Å². The van der Waals surface area contributed by atoms with Crippen molar-refractivity contribution in [1.29, 1.82) is 0 Å². The van der Waals surface area contributed by atoms with E-state index >= 15 is 0 Å². The molecule has 0 radical (unpaired) electrons. The van der Waals surface area contributed by atoms with Gasteiger partial charge in [-0.25, -0.2) is 9.78 Å². The molecule has 0 spiro atoms. The molecule has 3 rings (SSSR count). The van der Waals surface area contributed by atoms with Crippen LogP contribution in [0, 0.1) is 5.92 Å². The number of hydrogen-bond donors (Lipinski definition) is 0. The Labute approximate surface area is 149 Å². The lowest BCUT2D eigenvalue weighted by Gasteiger charge is -2.37. The van der Waals surface area contributed by atoms with Crippen LogP contribution < -0.4 is 4.90 Å². The van der Waals surface area contributed by atoms with Crippen molar-refractivity contribution in [3.8, 4) is 0 Å². The lowest BCUT2D eigenvalue weighted by Crippen LogP contribution is -2.50. The van der Waals surface area contributed by atoms with Crippen LogP contribution in [-0.2, 0) is 9.53 Å². The maximum Gasteiger partial charge on any atom is 0.339 e. The van der Waals surface area contributed by atoms with Crippen LogP contribution >= 0.6 is 0 Å². The third kappa shape index (κ3) is 4.30. The second-order valence-corrected chi connectivity index (χ2v) is 6.77. The van der Waals surface area contributed by atoms with Crippen LogP contribution in [0.15, 0.2) is 18.3 Å². The highest BCUT2D eigenvalue weighted by Gasteiger charge is 2.28. The van der Waals surface area contributed by atoms with Crippen molar-refractivity contribution in [1.82, 2.24) is 9.88 Å². The molecule has 1 saturated carbocycles. The highest BCUT2D eigenvalue weighted by atomic mass is 16.5. The minimum atomic E-state index is -0.343. The van der Waals surface area contributed by atoms with Crippen molar-refractivity contribution in [3.05, 3.63) is 23.9 Å². The monoisotopic (exact) mass is 345 g/mol. The summed E-state index contributed by atoms with van der Waals surface area (Å²) < 4.78 is 4.97. The highest BCUT2D eigenvalue weighted by molar-refractivity contribution is 5.89. The van der Waals surface area contributed by atoms with Crippen molar-refractivity contribution in [3.63, 3.8) is 0 Å². The number of hydrogen-bond acceptors (Lipinski definition) is 5. The summed E-state index contributed by atoms with van der Waals surface area (Å²) in [6, 6.07) is 3.60. The number of amides is 1. The van der Waals surface area contributed by atoms with E-state index in [1.807, 2.05) is 11.0 Å². The van der Waals surface area contributed by atoms with E-state index in [0.717, 1.165) is 44.8 Å². The predicted molar refractivity (Wildman–Crippen MR) is 95.6 cm³/mol. The smallest absolute Gasteiger partial charge is 0.339 e. The molecule has 0 unspecified atom stereocenters. The number of ether oxygens (including phenoxy) is 1. The van der Waals surface area contributed by atoms with Gasteiger partial charge in [-0.15, -0.1) is 0 Å². The van der Waals surface area contributed by atoms with Crippen LogP contribution in [0.3, 0.4) is 0 Å². The van der Waals surface area contributed by atoms with Gasteiger partial charge >= 0.3 is 5.97 Å². The average Bonchev–Trinajstić information content (AvgIpc) is 2.68. The topological polar surface area (TPSA) is 62.7 Å². The van der Waals surface area contributed by atoms with E-state index < -0.39 is 0 Å². The molecular formula is C19H27N3O3. The standard InChI is InChI=1S/C19H27N3O3/c1-2-25-19(24)16-8-9-17(20-14-16)21-10-12-22(13-11-21)18(23)15-6-4-3-5-7-15/h8-9,14-15H,2-7,10-13H2,1H3. The molecule has 2 heterocycles. The van der Waals surface area contributed by atoms with Gasteiger partial charge in [-0.05, 0) is 31.9 Å². The Hall–Kier alpha value is -2.11. The first-order valence-electron chi connectivity index (χ1n) is 9.36. The van der Waals surface area contributed by atoms with E-state index in [9.17, 15) is 9.59 Å². The van der Waals surface area contributed by atoms with Crippen LogP contribution in [0.4, 0.5) is 5.82 Å². The SMILES string of the molecule is CCOC(=O)c1ccc(N2CCN(C(=O)C3CCCCC3)CC2)nc1. The summed E-state index contributed by atoms with van der Waals surface area (Å²) >= 11 is 0. The van der Waals surface area contributed by atoms with Crippen molar-refractivity contribution in [2.45, 2.75) is 39.0 Å². The van der Waals surface area contributed by atoms with Gasteiger partial charge in [0.2, 0.25) is 5.91 Å². The third-order valence-corrected chi connectivity index (χ3v) is 5.13. The van der Waals surface area contributed by atoms with Gasteiger partial charge in [0.15, 0.2) is 0 Å². The lowest BCUT2D eigenvalue weighted by atomic mass is 9.88. The van der Waals surface area contributed by atoms with Gasteiger partial charge < -0.3 is 14.5 Å². The third-order valence-electron chi connectivity index (χ3n) is 5.13. The van der Waals surface area contributed by atoms with E-state index in [2.05, 4.69) is 9.88 Å². The number of pyridine rings is 1. The molecular weight excluding hydrogens is 318 g/mol. The zero-order valence-electron chi connectivity index (χ0n) is 14.9. The maximum absolute atomic E-state index is 12.6. The van der Waals surface area contributed by atoms with E-state index in [0.29, 0.717) is 18.1 Å². The van der Waals surface area contributed by atoms with Gasteiger partial charge in [0, 0.05) is 38.3 Å². The Morgan fingerprint density at radius 3 is 2.44 bits per heavy atom. The van der Waals surface area contributed by atoms with Crippen LogP contribution in [0.25, 0.3) is 0 Å². The minimum Gasteiger partial charge on any atom is -0.462 e. The number of anilines is 1. The molecule has 6 nitrogen and oxygen atoms in total. The largest absolute Gasteiger partial charge is 0.462 e. The molecule has 1 aliphatic heterocycles. The Balaban J connectivity index is 1.53. The molecule has 1 aromatic heterocycles. The fourth-order valence-corrected chi connectivity index (χ4v) is 3.67. The first kappa shape index (κ1) is 17.7. The molecule has 136 valence electrons. The van der Waals surface area contributed by atoms with Crippen LogP contribution in [0.2, 0.25) is 0 Å². The predicted octanol–water partition coefficient (Wildman–Crippen LogP) is 2.49. The van der Waals surface area contributed by atoms with Gasteiger partial charge in [-0.2, -0.15) is 0 Å². The Bertz CT molecular complexity index is 588. The number of nitrogens with zero attached hydrogens (tertiary/aromatic N) is 3. The fourth-order valence-electron chi connectivity index (χ4n) is 3.67. The molecule has 1 saturated heterocycles. The molecule has 6 heteroatoms. The number of rotatable bonds is 4. The summed E-state index contributed by atoms with van der Waals surface area (Å²) in [5.41, 5.74) is 0.469. The van der Waals surface area contributed by atoms with Crippen LogP contribution in [0.1, 0.15) is 49.4 Å². The van der Waals surface area contributed by atoms with Gasteiger partial charge in [-0.3, -0.25) is 4.79 Å². The number of aromatic nitrogens is 1. The number of piperazine rings is 1. The summed E-state index contributed by atoms with van der Waals surface area (Å²) in [6.45, 7) is 5.20. The first-order chi connectivity index (χ1) is 12.2. The van der Waals surface area contributed by atoms with Gasteiger partial charge in [0.25, 0.3) is 0 Å². The molecule has 25 heavy (non-hydrogen) atoms. The van der Waals surface area contributed by atoms with E-state index in [1.165, 1.54) is 19.3 Å². The lowest BCUT2D eigenvalue weighted by molar-refractivity contribution is -0.136. The zero-order valence-corrected chi connectivity index (χ0v) is 14.9. The number of carbonyl (C=O) groups is 2. The van der Waals surface area contributed by atoms with Crippen molar-refractivity contribution in [2.75, 3.05) is 37.7 Å². The maximum atomic E-state index is 12.6. The second-order valence-electron chi connectivity index (χ2n) is 6.77. The minimum absolute atomic E-state index is 0.238. The molecule has 1 aromatic rings. The summed E-state index contributed by atoms with van der Waals surface area (Å²) in [5, 5.41) is 0. The zero-order chi connectivity index (χ0) is 17.6. The van der Waals surface area contributed by atoms with E-state index in [-0.39, 0.29) is 11.9 Å². The molecule has 1 amide bonds. The Kier molecular flexibility index (Phi) is 5.89. The molecule has 1 aliphatic carbocycles. The number of carbonyl (C=O) groups excluding carboxylic acids is 2. The second kappa shape index (κ2) is 8.32. The van der Waals surface area contributed by atoms with Gasteiger partial charge in [0.05, 0.1) is 12.2 Å². The molecule has 0 atom stereocenters. The van der Waals surface area contributed by atoms with Gasteiger partial charge in [0.1, 0.15) is 5.82 Å². The van der Waals surface area contributed by atoms with Crippen LogP contribution in [0.5, 0.6) is 0 Å². The summed E-state index contributed by atoms with van der Waals surface area (Å²) in [5.74, 6) is 1.08. The summed E-state index contributed by atoms with van der Waals surface area (Å²) in [7, 11) is 0. The Morgan fingerprint density at radius 1 is 1.12 bits per heavy atom.